The zero-order valence-corrected chi connectivity index (χ0v) is 9.45. The molecule has 0 bridgehead atoms. The van der Waals surface area contributed by atoms with Gasteiger partial charge < -0.3 is 0 Å². The summed E-state index contributed by atoms with van der Waals surface area (Å²) in [5.74, 6) is -0.367. The normalized spacial score (nSPS) is 19.1. The number of fused-ring (bicyclic) bond motifs is 1. The van der Waals surface area contributed by atoms with Crippen molar-refractivity contribution in [2.45, 2.75) is 44.4 Å². The van der Waals surface area contributed by atoms with E-state index in [-0.39, 0.29) is 6.42 Å². The second-order valence-electron chi connectivity index (χ2n) is 4.55. The second-order valence-corrected chi connectivity index (χ2v) is 4.55. The molecule has 2 heteroatoms. The van der Waals surface area contributed by atoms with E-state index in [4.69, 9.17) is 0 Å². The van der Waals surface area contributed by atoms with E-state index in [1.165, 1.54) is 30.4 Å². The van der Waals surface area contributed by atoms with Crippen molar-refractivity contribution in [3.8, 4) is 0 Å². The standard InChI is InChI=1S/C14H17O2/c15-14(16)10-4-8-12-7-3-6-11-5-1-2-9-13(11)12/h1-2,5,9,12H,3-4,6-8,10H2. The maximum atomic E-state index is 10.4. The van der Waals surface area contributed by atoms with Gasteiger partial charge in [0, 0.05) is 0 Å². The Morgan fingerprint density at radius 2 is 2.12 bits per heavy atom. The summed E-state index contributed by atoms with van der Waals surface area (Å²) >= 11 is 0. The van der Waals surface area contributed by atoms with Crippen LogP contribution in [0.15, 0.2) is 24.3 Å². The average molecular weight is 217 g/mol. The van der Waals surface area contributed by atoms with E-state index in [0.717, 1.165) is 12.8 Å². The van der Waals surface area contributed by atoms with Crippen molar-refractivity contribution in [2.24, 2.45) is 0 Å². The Hall–Kier alpha value is -1.31. The van der Waals surface area contributed by atoms with Crippen LogP contribution in [0.5, 0.6) is 0 Å². The van der Waals surface area contributed by atoms with Crippen LogP contribution in [0.25, 0.3) is 0 Å². The van der Waals surface area contributed by atoms with E-state index in [9.17, 15) is 9.90 Å². The zero-order valence-electron chi connectivity index (χ0n) is 9.45. The molecule has 0 amide bonds. The lowest BCUT2D eigenvalue weighted by Gasteiger charge is -2.25. The molecule has 1 aliphatic rings. The Morgan fingerprint density at radius 3 is 2.94 bits per heavy atom. The number of carbonyl (C=O) groups excluding carboxylic acids is 1. The van der Waals surface area contributed by atoms with Gasteiger partial charge in [0.15, 0.2) is 0 Å². The van der Waals surface area contributed by atoms with Crippen LogP contribution in [0.1, 0.15) is 49.1 Å². The average Bonchev–Trinajstić information content (AvgIpc) is 2.29. The molecule has 0 aromatic heterocycles. The summed E-state index contributed by atoms with van der Waals surface area (Å²) in [6.07, 6.45) is 5.51. The second kappa shape index (κ2) is 5.15. The largest absolute Gasteiger partial charge is 0.355 e. The third-order valence-electron chi connectivity index (χ3n) is 3.43. The van der Waals surface area contributed by atoms with Crippen molar-refractivity contribution in [3.63, 3.8) is 0 Å². The van der Waals surface area contributed by atoms with Crippen LogP contribution in [-0.2, 0) is 16.3 Å². The number of benzene rings is 1. The topological polar surface area (TPSA) is 37.0 Å². The molecule has 0 saturated heterocycles. The highest BCUT2D eigenvalue weighted by Gasteiger charge is 2.19. The number of rotatable bonds is 4. The quantitative estimate of drug-likeness (QED) is 0.762. The highest BCUT2D eigenvalue weighted by Crippen LogP contribution is 2.34. The van der Waals surface area contributed by atoms with E-state index >= 15 is 0 Å². The van der Waals surface area contributed by atoms with Crippen LogP contribution in [-0.4, -0.2) is 5.97 Å². The molecule has 1 aromatic carbocycles. The van der Waals surface area contributed by atoms with Crippen molar-refractivity contribution in [1.29, 1.82) is 0 Å². The summed E-state index contributed by atoms with van der Waals surface area (Å²) in [6.45, 7) is 0. The molecule has 16 heavy (non-hydrogen) atoms. The molecule has 0 heterocycles. The summed E-state index contributed by atoms with van der Waals surface area (Å²) in [5.41, 5.74) is 2.89. The molecule has 0 N–H and O–H groups in total. The Balaban J connectivity index is 1.99. The van der Waals surface area contributed by atoms with Gasteiger partial charge in [-0.05, 0) is 49.1 Å². The molecule has 1 radical (unpaired) electrons. The van der Waals surface area contributed by atoms with Crippen LogP contribution in [0, 0.1) is 0 Å². The Bertz CT molecular complexity index is 371. The summed E-state index contributed by atoms with van der Waals surface area (Å²) in [6, 6.07) is 8.55. The minimum atomic E-state index is -0.927. The lowest BCUT2D eigenvalue weighted by molar-refractivity contribution is -0.143. The van der Waals surface area contributed by atoms with E-state index in [1.54, 1.807) is 0 Å². The molecule has 0 spiro atoms. The van der Waals surface area contributed by atoms with Gasteiger partial charge in [0.25, 0.3) is 0 Å². The summed E-state index contributed by atoms with van der Waals surface area (Å²) in [7, 11) is 0. The van der Waals surface area contributed by atoms with Crippen molar-refractivity contribution < 1.29 is 9.90 Å². The molecular weight excluding hydrogens is 200 g/mol. The van der Waals surface area contributed by atoms with Crippen molar-refractivity contribution in [3.05, 3.63) is 35.4 Å². The third-order valence-corrected chi connectivity index (χ3v) is 3.43. The fraction of sp³-hybridized carbons (Fsp3) is 0.500. The van der Waals surface area contributed by atoms with E-state index in [0.29, 0.717) is 5.92 Å². The Kier molecular flexibility index (Phi) is 3.60. The molecule has 0 fully saturated rings. The molecule has 1 aromatic rings. The molecule has 1 atom stereocenters. The van der Waals surface area contributed by atoms with Gasteiger partial charge >= 0.3 is 5.97 Å². The SMILES string of the molecule is [O]C(=O)CCCC1CCCc2ccccc21. The predicted molar refractivity (Wildman–Crippen MR) is 61.7 cm³/mol. The highest BCUT2D eigenvalue weighted by atomic mass is 16.4. The van der Waals surface area contributed by atoms with E-state index < -0.39 is 5.97 Å². The van der Waals surface area contributed by atoms with Gasteiger partial charge in [0.05, 0.1) is 6.42 Å². The molecule has 0 saturated carbocycles. The number of carbonyl (C=O) groups is 1. The van der Waals surface area contributed by atoms with Crippen molar-refractivity contribution in [2.75, 3.05) is 0 Å². The monoisotopic (exact) mass is 217 g/mol. The first-order valence-corrected chi connectivity index (χ1v) is 6.05. The summed E-state index contributed by atoms with van der Waals surface area (Å²) in [4.78, 5) is 10.4. The summed E-state index contributed by atoms with van der Waals surface area (Å²) < 4.78 is 0. The molecule has 0 aliphatic heterocycles. The zero-order chi connectivity index (χ0) is 11.4. The number of hydrogen-bond acceptors (Lipinski definition) is 1. The lowest BCUT2D eigenvalue weighted by Crippen LogP contribution is -2.10. The molecule has 2 rings (SSSR count). The smallest absolute Gasteiger partial charge is 0.247 e. The third kappa shape index (κ3) is 2.63. The molecular formula is C14H17O2. The van der Waals surface area contributed by atoms with Gasteiger partial charge in [0.1, 0.15) is 0 Å². The van der Waals surface area contributed by atoms with Crippen LogP contribution in [0.2, 0.25) is 0 Å². The maximum Gasteiger partial charge on any atom is 0.355 e. The van der Waals surface area contributed by atoms with Gasteiger partial charge in [-0.2, -0.15) is 0 Å². The Labute approximate surface area is 96.3 Å². The van der Waals surface area contributed by atoms with Crippen LogP contribution >= 0.6 is 0 Å². The number of hydrogen-bond donors (Lipinski definition) is 0. The first-order valence-electron chi connectivity index (χ1n) is 6.05. The molecule has 85 valence electrons. The van der Waals surface area contributed by atoms with Crippen LogP contribution in [0.4, 0.5) is 0 Å². The highest BCUT2D eigenvalue weighted by molar-refractivity contribution is 5.66. The minimum absolute atomic E-state index is 0.193. The molecule has 1 aliphatic carbocycles. The van der Waals surface area contributed by atoms with E-state index in [2.05, 4.69) is 24.3 Å². The molecule has 1 unspecified atom stereocenters. The van der Waals surface area contributed by atoms with Gasteiger partial charge in [-0.15, -0.1) is 0 Å². The predicted octanol–water partition coefficient (Wildman–Crippen LogP) is 3.23. The first kappa shape index (κ1) is 11.2. The fourth-order valence-corrected chi connectivity index (χ4v) is 2.65. The van der Waals surface area contributed by atoms with Crippen molar-refractivity contribution >= 4 is 5.97 Å². The maximum absolute atomic E-state index is 10.4. The van der Waals surface area contributed by atoms with Gasteiger partial charge in [-0.3, -0.25) is 0 Å². The van der Waals surface area contributed by atoms with Gasteiger partial charge in [0.2, 0.25) is 0 Å². The lowest BCUT2D eigenvalue weighted by atomic mass is 9.80. The molecule has 2 nitrogen and oxygen atoms in total. The number of aryl methyl sites for hydroxylation is 1. The Morgan fingerprint density at radius 1 is 1.31 bits per heavy atom. The van der Waals surface area contributed by atoms with Gasteiger partial charge in [-0.25, -0.2) is 9.90 Å². The van der Waals surface area contributed by atoms with Crippen LogP contribution < -0.4 is 0 Å². The minimum Gasteiger partial charge on any atom is -0.247 e. The fourth-order valence-electron chi connectivity index (χ4n) is 2.65. The van der Waals surface area contributed by atoms with E-state index in [1.807, 2.05) is 0 Å². The summed E-state index contributed by atoms with van der Waals surface area (Å²) in [5, 5.41) is 10.4. The van der Waals surface area contributed by atoms with Crippen LogP contribution in [0.3, 0.4) is 0 Å². The van der Waals surface area contributed by atoms with Gasteiger partial charge in [-0.1, -0.05) is 24.3 Å². The van der Waals surface area contributed by atoms with Crippen molar-refractivity contribution in [1.82, 2.24) is 0 Å². The first-order chi connectivity index (χ1) is 7.77.